The molecule has 3 fully saturated rings. The summed E-state index contributed by atoms with van der Waals surface area (Å²) in [5.74, 6) is -0.769. The number of aliphatic carboxylic acids is 1. The SMILES string of the molecule is CCN1CCN(C(=O)[C@@H]2[C@H]3CC[C@@H](C3)[C@H]2C(=O)O)CC1. The second-order valence-corrected chi connectivity index (χ2v) is 6.48. The lowest BCUT2D eigenvalue weighted by molar-refractivity contribution is -0.153. The van der Waals surface area contributed by atoms with Crippen LogP contribution in [-0.4, -0.2) is 59.5 Å². The van der Waals surface area contributed by atoms with Gasteiger partial charge in [-0.15, -0.1) is 0 Å². The van der Waals surface area contributed by atoms with E-state index in [0.29, 0.717) is 5.92 Å². The molecule has 0 unspecified atom stereocenters. The van der Waals surface area contributed by atoms with Crippen LogP contribution in [0.15, 0.2) is 0 Å². The molecule has 0 aromatic rings. The molecule has 20 heavy (non-hydrogen) atoms. The molecule has 1 saturated heterocycles. The van der Waals surface area contributed by atoms with E-state index in [1.54, 1.807) is 0 Å². The van der Waals surface area contributed by atoms with Crippen LogP contribution in [0.5, 0.6) is 0 Å². The molecule has 1 aliphatic heterocycles. The zero-order valence-corrected chi connectivity index (χ0v) is 12.1. The minimum Gasteiger partial charge on any atom is -0.481 e. The van der Waals surface area contributed by atoms with Crippen LogP contribution in [0.1, 0.15) is 26.2 Å². The maximum Gasteiger partial charge on any atom is 0.307 e. The second kappa shape index (κ2) is 5.35. The molecule has 1 amide bonds. The van der Waals surface area contributed by atoms with Gasteiger partial charge in [0.05, 0.1) is 11.8 Å². The normalized spacial score (nSPS) is 37.4. The summed E-state index contributed by atoms with van der Waals surface area (Å²) in [6, 6.07) is 0. The first kappa shape index (κ1) is 13.9. The van der Waals surface area contributed by atoms with Crippen molar-refractivity contribution in [2.24, 2.45) is 23.7 Å². The number of fused-ring (bicyclic) bond motifs is 2. The van der Waals surface area contributed by atoms with Crippen molar-refractivity contribution >= 4 is 11.9 Å². The van der Waals surface area contributed by atoms with E-state index in [9.17, 15) is 14.7 Å². The Hall–Kier alpha value is -1.10. The first-order valence-electron chi connectivity index (χ1n) is 7.85. The molecule has 0 aromatic carbocycles. The van der Waals surface area contributed by atoms with Crippen LogP contribution in [0, 0.1) is 23.7 Å². The van der Waals surface area contributed by atoms with E-state index in [1.165, 1.54) is 0 Å². The predicted molar refractivity (Wildman–Crippen MR) is 74.1 cm³/mol. The number of carbonyl (C=O) groups is 2. The maximum atomic E-state index is 12.7. The maximum absolute atomic E-state index is 12.7. The zero-order valence-electron chi connectivity index (χ0n) is 12.1. The summed E-state index contributed by atoms with van der Waals surface area (Å²) >= 11 is 0. The molecular weight excluding hydrogens is 256 g/mol. The monoisotopic (exact) mass is 280 g/mol. The van der Waals surface area contributed by atoms with Crippen molar-refractivity contribution in [2.45, 2.75) is 26.2 Å². The molecule has 112 valence electrons. The van der Waals surface area contributed by atoms with Crippen LogP contribution in [-0.2, 0) is 9.59 Å². The van der Waals surface area contributed by atoms with Crippen molar-refractivity contribution in [3.05, 3.63) is 0 Å². The highest BCUT2D eigenvalue weighted by atomic mass is 16.4. The third-order valence-corrected chi connectivity index (χ3v) is 5.62. The van der Waals surface area contributed by atoms with Crippen molar-refractivity contribution in [1.29, 1.82) is 0 Å². The van der Waals surface area contributed by atoms with Gasteiger partial charge < -0.3 is 14.9 Å². The van der Waals surface area contributed by atoms with Gasteiger partial charge in [0.2, 0.25) is 5.91 Å². The highest BCUT2D eigenvalue weighted by molar-refractivity contribution is 5.86. The van der Waals surface area contributed by atoms with Crippen LogP contribution < -0.4 is 0 Å². The molecule has 4 atom stereocenters. The largest absolute Gasteiger partial charge is 0.481 e. The summed E-state index contributed by atoms with van der Waals surface area (Å²) in [4.78, 5) is 28.5. The Bertz CT molecular complexity index is 404. The smallest absolute Gasteiger partial charge is 0.307 e. The summed E-state index contributed by atoms with van der Waals surface area (Å²) in [5.41, 5.74) is 0. The lowest BCUT2D eigenvalue weighted by atomic mass is 9.78. The van der Waals surface area contributed by atoms with Gasteiger partial charge in [-0.05, 0) is 37.6 Å². The average molecular weight is 280 g/mol. The molecule has 1 heterocycles. The molecule has 1 N–H and O–H groups in total. The van der Waals surface area contributed by atoms with E-state index in [1.807, 2.05) is 4.90 Å². The molecule has 5 nitrogen and oxygen atoms in total. The molecule has 2 aliphatic carbocycles. The molecule has 0 aromatic heterocycles. The van der Waals surface area contributed by atoms with Crippen LogP contribution >= 0.6 is 0 Å². The van der Waals surface area contributed by atoms with Crippen molar-refractivity contribution in [1.82, 2.24) is 9.80 Å². The lowest BCUT2D eigenvalue weighted by Crippen LogP contribution is -2.52. The number of hydrogen-bond acceptors (Lipinski definition) is 3. The van der Waals surface area contributed by atoms with E-state index in [0.717, 1.165) is 52.0 Å². The van der Waals surface area contributed by atoms with Crippen LogP contribution in [0.2, 0.25) is 0 Å². The van der Waals surface area contributed by atoms with Gasteiger partial charge in [0.1, 0.15) is 0 Å². The molecule has 2 saturated carbocycles. The van der Waals surface area contributed by atoms with Crippen molar-refractivity contribution in [2.75, 3.05) is 32.7 Å². The zero-order chi connectivity index (χ0) is 14.3. The van der Waals surface area contributed by atoms with E-state index < -0.39 is 11.9 Å². The van der Waals surface area contributed by atoms with Gasteiger partial charge in [-0.3, -0.25) is 9.59 Å². The highest BCUT2D eigenvalue weighted by Crippen LogP contribution is 2.52. The molecular formula is C15H24N2O3. The third-order valence-electron chi connectivity index (χ3n) is 5.62. The van der Waals surface area contributed by atoms with Gasteiger partial charge in [-0.2, -0.15) is 0 Å². The van der Waals surface area contributed by atoms with Crippen molar-refractivity contribution in [3.8, 4) is 0 Å². The summed E-state index contributed by atoms with van der Waals surface area (Å²) in [5, 5.41) is 9.45. The molecule has 3 aliphatic rings. The summed E-state index contributed by atoms with van der Waals surface area (Å²) < 4.78 is 0. The topological polar surface area (TPSA) is 60.9 Å². The summed E-state index contributed by atoms with van der Waals surface area (Å²) in [6.45, 7) is 6.50. The van der Waals surface area contributed by atoms with Gasteiger partial charge in [0.15, 0.2) is 0 Å². The van der Waals surface area contributed by atoms with Gasteiger partial charge in [-0.1, -0.05) is 6.92 Å². The minimum absolute atomic E-state index is 0.111. The van der Waals surface area contributed by atoms with E-state index in [2.05, 4.69) is 11.8 Å². The lowest BCUT2D eigenvalue weighted by Gasteiger charge is -2.38. The molecule has 3 rings (SSSR count). The first-order chi connectivity index (χ1) is 9.61. The van der Waals surface area contributed by atoms with Gasteiger partial charge >= 0.3 is 5.97 Å². The van der Waals surface area contributed by atoms with Gasteiger partial charge in [0, 0.05) is 26.2 Å². The number of piperazine rings is 1. The fourth-order valence-electron chi connectivity index (χ4n) is 4.50. The standard InChI is InChI=1S/C15H24N2O3/c1-2-16-5-7-17(8-6-16)14(18)12-10-3-4-11(9-10)13(12)15(19)20/h10-13H,2-9H2,1H3,(H,19,20)/t10-,11-,12+,13+/m0/s1. The predicted octanol–water partition coefficient (Wildman–Crippen LogP) is 0.897. The van der Waals surface area contributed by atoms with Gasteiger partial charge in [0.25, 0.3) is 0 Å². The molecule has 0 radical (unpaired) electrons. The summed E-state index contributed by atoms with van der Waals surface area (Å²) in [7, 11) is 0. The number of rotatable bonds is 3. The van der Waals surface area contributed by atoms with Crippen molar-refractivity contribution < 1.29 is 14.7 Å². The minimum atomic E-state index is -0.761. The quantitative estimate of drug-likeness (QED) is 0.834. The van der Waals surface area contributed by atoms with Crippen LogP contribution in [0.3, 0.4) is 0 Å². The number of carbonyl (C=O) groups excluding carboxylic acids is 1. The number of carboxylic acid groups (broad SMARTS) is 1. The number of hydrogen-bond donors (Lipinski definition) is 1. The van der Waals surface area contributed by atoms with Gasteiger partial charge in [-0.25, -0.2) is 0 Å². The molecule has 5 heteroatoms. The fraction of sp³-hybridized carbons (Fsp3) is 0.867. The number of amides is 1. The Kier molecular flexibility index (Phi) is 3.71. The Balaban J connectivity index is 1.69. The Morgan fingerprint density at radius 3 is 2.20 bits per heavy atom. The number of nitrogens with zero attached hydrogens (tertiary/aromatic N) is 2. The van der Waals surface area contributed by atoms with E-state index in [-0.39, 0.29) is 17.7 Å². The fourth-order valence-corrected chi connectivity index (χ4v) is 4.50. The number of carboxylic acids is 1. The Labute approximate surface area is 119 Å². The second-order valence-electron chi connectivity index (χ2n) is 6.48. The van der Waals surface area contributed by atoms with E-state index in [4.69, 9.17) is 0 Å². The first-order valence-corrected chi connectivity index (χ1v) is 7.85. The van der Waals surface area contributed by atoms with Crippen LogP contribution in [0.4, 0.5) is 0 Å². The summed E-state index contributed by atoms with van der Waals surface area (Å²) in [6.07, 6.45) is 2.98. The number of likely N-dealkylation sites (N-methyl/N-ethyl adjacent to an activating group) is 1. The average Bonchev–Trinajstić information content (AvgIpc) is 3.07. The Morgan fingerprint density at radius 2 is 1.65 bits per heavy atom. The highest BCUT2D eigenvalue weighted by Gasteiger charge is 2.54. The molecule has 2 bridgehead atoms. The van der Waals surface area contributed by atoms with Crippen LogP contribution in [0.25, 0.3) is 0 Å². The third kappa shape index (κ3) is 2.22. The van der Waals surface area contributed by atoms with Crippen molar-refractivity contribution in [3.63, 3.8) is 0 Å². The molecule has 0 spiro atoms. The Morgan fingerprint density at radius 1 is 1.05 bits per heavy atom. The van der Waals surface area contributed by atoms with E-state index >= 15 is 0 Å².